The average Bonchev–Trinajstić information content (AvgIpc) is 3.07. The fourth-order valence-electron chi connectivity index (χ4n) is 3.51. The van der Waals surface area contributed by atoms with Gasteiger partial charge in [0, 0.05) is 29.7 Å². The first kappa shape index (κ1) is 17.2. The molecule has 2 aromatic carbocycles. The summed E-state index contributed by atoms with van der Waals surface area (Å²) in [5, 5.41) is 7.56. The first-order valence-corrected chi connectivity index (χ1v) is 9.55. The highest BCUT2D eigenvalue weighted by atomic mass is 16.2. The van der Waals surface area contributed by atoms with Crippen LogP contribution in [0.15, 0.2) is 66.9 Å². The Labute approximate surface area is 167 Å². The Morgan fingerprint density at radius 2 is 1.90 bits per heavy atom. The molecule has 4 aromatic rings. The number of H-pyrrole nitrogens is 1. The number of hydrogen-bond acceptors (Lipinski definition) is 5. The fourth-order valence-corrected chi connectivity index (χ4v) is 3.51. The van der Waals surface area contributed by atoms with Crippen molar-refractivity contribution in [3.8, 4) is 0 Å². The summed E-state index contributed by atoms with van der Waals surface area (Å²) in [6.45, 7) is 1.66. The van der Waals surface area contributed by atoms with Crippen LogP contribution < -0.4 is 10.6 Å². The highest BCUT2D eigenvalue weighted by Gasteiger charge is 2.23. The topological polar surface area (TPSA) is 85.9 Å². The molecule has 29 heavy (non-hydrogen) atoms. The molecule has 0 saturated heterocycles. The fraction of sp³-hybridized carbons (Fsp3) is 0.136. The predicted octanol–water partition coefficient (Wildman–Crippen LogP) is 3.77. The molecule has 0 spiro atoms. The summed E-state index contributed by atoms with van der Waals surface area (Å²) in [7, 11) is 0. The lowest BCUT2D eigenvalue weighted by Gasteiger charge is -2.19. The number of benzene rings is 2. The van der Waals surface area contributed by atoms with Crippen molar-refractivity contribution < 1.29 is 4.79 Å². The Hall–Kier alpha value is -3.87. The normalized spacial score (nSPS) is 13.4. The molecule has 5 rings (SSSR count). The Kier molecular flexibility index (Phi) is 4.32. The summed E-state index contributed by atoms with van der Waals surface area (Å²) < 4.78 is 0. The molecule has 0 aliphatic carbocycles. The number of hydrogen-bond donors (Lipinski definition) is 3. The van der Waals surface area contributed by atoms with Crippen LogP contribution in [0.5, 0.6) is 0 Å². The largest absolute Gasteiger partial charge is 0.380 e. The molecule has 1 aliphatic rings. The van der Waals surface area contributed by atoms with E-state index in [1.165, 1.54) is 0 Å². The molecule has 144 valence electrons. The van der Waals surface area contributed by atoms with Gasteiger partial charge in [-0.15, -0.1) is 0 Å². The summed E-state index contributed by atoms with van der Waals surface area (Å²) in [6.07, 6.45) is 1.77. The van der Waals surface area contributed by atoms with Gasteiger partial charge in [0.2, 0.25) is 5.95 Å². The van der Waals surface area contributed by atoms with Gasteiger partial charge in [-0.3, -0.25) is 4.79 Å². The van der Waals surface area contributed by atoms with E-state index in [4.69, 9.17) is 0 Å². The zero-order chi connectivity index (χ0) is 19.6. The molecule has 1 amide bonds. The minimum atomic E-state index is -0.0352. The molecule has 0 atom stereocenters. The first-order chi connectivity index (χ1) is 14.3. The van der Waals surface area contributed by atoms with E-state index >= 15 is 0 Å². The number of nitrogens with one attached hydrogen (secondary N) is 3. The molecule has 7 nitrogen and oxygen atoms in total. The van der Waals surface area contributed by atoms with Crippen molar-refractivity contribution in [1.82, 2.24) is 19.9 Å². The summed E-state index contributed by atoms with van der Waals surface area (Å²) in [6, 6.07) is 19.6. The molecular formula is C22H20N6O. The van der Waals surface area contributed by atoms with Gasteiger partial charge >= 0.3 is 0 Å². The Balaban J connectivity index is 1.40. The molecule has 1 aliphatic heterocycles. The molecule has 0 radical (unpaired) electrons. The maximum atomic E-state index is 13.1. The standard InChI is InChI=1S/C22H20N6O/c29-21(18-12-15-6-4-5-9-17(15)26-18)28-11-10-23-19-13-24-22(27-20(19)14-28)25-16-7-2-1-3-8-16/h1-9,12-13,23,26H,10-11,14H2,(H,24,25,27). The second-order valence-corrected chi connectivity index (χ2v) is 6.97. The van der Waals surface area contributed by atoms with Crippen LogP contribution in [0.4, 0.5) is 17.3 Å². The molecular weight excluding hydrogens is 364 g/mol. The van der Waals surface area contributed by atoms with E-state index in [1.54, 1.807) is 6.20 Å². The number of para-hydroxylation sites is 2. The zero-order valence-corrected chi connectivity index (χ0v) is 15.7. The molecule has 0 bridgehead atoms. The number of anilines is 3. The van der Waals surface area contributed by atoms with Gasteiger partial charge in [0.25, 0.3) is 5.91 Å². The van der Waals surface area contributed by atoms with Crippen LogP contribution in [-0.2, 0) is 6.54 Å². The van der Waals surface area contributed by atoms with Crippen molar-refractivity contribution in [2.24, 2.45) is 0 Å². The predicted molar refractivity (Wildman–Crippen MR) is 113 cm³/mol. The van der Waals surface area contributed by atoms with Crippen LogP contribution in [0.3, 0.4) is 0 Å². The number of amides is 1. The monoisotopic (exact) mass is 384 g/mol. The third-order valence-electron chi connectivity index (χ3n) is 4.98. The summed E-state index contributed by atoms with van der Waals surface area (Å²) in [5.74, 6) is 0.476. The Morgan fingerprint density at radius 3 is 2.76 bits per heavy atom. The third-order valence-corrected chi connectivity index (χ3v) is 4.98. The highest BCUT2D eigenvalue weighted by Crippen LogP contribution is 2.23. The maximum absolute atomic E-state index is 13.1. The first-order valence-electron chi connectivity index (χ1n) is 9.55. The number of nitrogens with zero attached hydrogens (tertiary/aromatic N) is 3. The average molecular weight is 384 g/mol. The van der Waals surface area contributed by atoms with E-state index in [-0.39, 0.29) is 5.91 Å². The third kappa shape index (κ3) is 3.50. The van der Waals surface area contributed by atoms with Gasteiger partial charge in [0.1, 0.15) is 5.69 Å². The Morgan fingerprint density at radius 1 is 1.07 bits per heavy atom. The van der Waals surface area contributed by atoms with E-state index in [2.05, 4.69) is 25.6 Å². The lowest BCUT2D eigenvalue weighted by atomic mass is 10.2. The van der Waals surface area contributed by atoms with Crippen LogP contribution in [0, 0.1) is 0 Å². The van der Waals surface area contributed by atoms with Crippen LogP contribution in [0.1, 0.15) is 16.2 Å². The summed E-state index contributed by atoms with van der Waals surface area (Å²) in [5.41, 5.74) is 4.11. The van der Waals surface area contributed by atoms with Gasteiger partial charge < -0.3 is 20.5 Å². The van der Waals surface area contributed by atoms with Crippen LogP contribution >= 0.6 is 0 Å². The highest BCUT2D eigenvalue weighted by molar-refractivity contribution is 5.98. The molecule has 3 N–H and O–H groups in total. The Bertz CT molecular complexity index is 1140. The summed E-state index contributed by atoms with van der Waals surface area (Å²) >= 11 is 0. The van der Waals surface area contributed by atoms with E-state index < -0.39 is 0 Å². The molecule has 0 unspecified atom stereocenters. The van der Waals surface area contributed by atoms with Gasteiger partial charge in [-0.1, -0.05) is 36.4 Å². The van der Waals surface area contributed by atoms with Crippen molar-refractivity contribution in [2.75, 3.05) is 23.7 Å². The lowest BCUT2D eigenvalue weighted by molar-refractivity contribution is 0.0746. The SMILES string of the molecule is O=C(c1cc2ccccc2[nH]1)N1CCNc2cnc(Nc3ccccc3)nc2C1. The number of aromatic nitrogens is 3. The lowest BCUT2D eigenvalue weighted by Crippen LogP contribution is -2.33. The molecule has 0 saturated carbocycles. The number of aromatic amines is 1. The van der Waals surface area contributed by atoms with E-state index in [9.17, 15) is 4.79 Å². The number of carbonyl (C=O) groups excluding carboxylic acids is 1. The second kappa shape index (κ2) is 7.27. The number of fused-ring (bicyclic) bond motifs is 2. The number of rotatable bonds is 3. The van der Waals surface area contributed by atoms with Gasteiger partial charge in [0.15, 0.2) is 0 Å². The van der Waals surface area contributed by atoms with Crippen molar-refractivity contribution in [3.63, 3.8) is 0 Å². The smallest absolute Gasteiger partial charge is 0.270 e. The van der Waals surface area contributed by atoms with Crippen molar-refractivity contribution in [3.05, 3.63) is 78.2 Å². The molecule has 0 fully saturated rings. The minimum Gasteiger partial charge on any atom is -0.380 e. The van der Waals surface area contributed by atoms with E-state index in [0.29, 0.717) is 31.3 Å². The van der Waals surface area contributed by atoms with Crippen LogP contribution in [0.25, 0.3) is 10.9 Å². The van der Waals surface area contributed by atoms with Gasteiger partial charge in [0.05, 0.1) is 24.1 Å². The van der Waals surface area contributed by atoms with Crippen molar-refractivity contribution >= 4 is 34.1 Å². The van der Waals surface area contributed by atoms with Crippen molar-refractivity contribution in [1.29, 1.82) is 0 Å². The molecule has 3 heterocycles. The van der Waals surface area contributed by atoms with Crippen LogP contribution in [-0.4, -0.2) is 38.8 Å². The van der Waals surface area contributed by atoms with Gasteiger partial charge in [-0.25, -0.2) is 9.97 Å². The van der Waals surface area contributed by atoms with E-state index in [1.807, 2.05) is 65.6 Å². The second-order valence-electron chi connectivity index (χ2n) is 6.97. The summed E-state index contributed by atoms with van der Waals surface area (Å²) in [4.78, 5) is 27.2. The van der Waals surface area contributed by atoms with E-state index in [0.717, 1.165) is 28.0 Å². The van der Waals surface area contributed by atoms with Crippen LogP contribution in [0.2, 0.25) is 0 Å². The van der Waals surface area contributed by atoms with Gasteiger partial charge in [-0.05, 0) is 24.3 Å². The van der Waals surface area contributed by atoms with Crippen molar-refractivity contribution in [2.45, 2.75) is 6.54 Å². The molecule has 7 heteroatoms. The maximum Gasteiger partial charge on any atom is 0.270 e. The molecule has 2 aromatic heterocycles. The van der Waals surface area contributed by atoms with Gasteiger partial charge in [-0.2, -0.15) is 0 Å². The number of carbonyl (C=O) groups is 1. The quantitative estimate of drug-likeness (QED) is 0.501. The minimum absolute atomic E-state index is 0.0352. The zero-order valence-electron chi connectivity index (χ0n) is 15.7.